The molecule has 100 valence electrons. The molecule has 3 N–H and O–H groups in total. The molecule has 3 rings (SSSR count). The highest BCUT2D eigenvalue weighted by atomic mass is 32.2. The van der Waals surface area contributed by atoms with Gasteiger partial charge in [0.15, 0.2) is 5.82 Å². The summed E-state index contributed by atoms with van der Waals surface area (Å²) in [6.07, 6.45) is 3.79. The molecule has 1 saturated heterocycles. The molecule has 1 fully saturated rings. The van der Waals surface area contributed by atoms with Crippen molar-refractivity contribution in [2.75, 3.05) is 22.6 Å². The Labute approximate surface area is 115 Å². The second-order valence-electron chi connectivity index (χ2n) is 4.75. The number of nitrogens with one attached hydrogen (secondary N) is 1. The molecule has 0 bridgehead atoms. The van der Waals surface area contributed by atoms with Crippen molar-refractivity contribution in [3.05, 3.63) is 30.2 Å². The molecular formula is C14H16FN3S. The van der Waals surface area contributed by atoms with E-state index in [4.69, 9.17) is 5.73 Å². The molecule has 2 heterocycles. The monoisotopic (exact) mass is 277 g/mol. The molecule has 0 unspecified atom stereocenters. The van der Waals surface area contributed by atoms with Crippen molar-refractivity contribution < 1.29 is 4.39 Å². The summed E-state index contributed by atoms with van der Waals surface area (Å²) in [5, 5.41) is 4.12. The van der Waals surface area contributed by atoms with Crippen LogP contribution >= 0.6 is 11.8 Å². The number of aromatic nitrogens is 1. The number of hydrogen-bond donors (Lipinski definition) is 2. The van der Waals surface area contributed by atoms with Crippen molar-refractivity contribution in [1.29, 1.82) is 0 Å². The van der Waals surface area contributed by atoms with E-state index in [-0.39, 0.29) is 5.82 Å². The van der Waals surface area contributed by atoms with E-state index in [2.05, 4.69) is 10.3 Å². The van der Waals surface area contributed by atoms with E-state index in [1.54, 1.807) is 6.20 Å². The molecule has 1 aliphatic heterocycles. The first-order valence-corrected chi connectivity index (χ1v) is 7.58. The molecule has 3 nitrogen and oxygen atoms in total. The Morgan fingerprint density at radius 3 is 2.95 bits per heavy atom. The molecular weight excluding hydrogens is 261 g/mol. The number of nitrogen functional groups attached to an aromatic ring is 1. The number of rotatable bonds is 2. The Morgan fingerprint density at radius 2 is 2.16 bits per heavy atom. The van der Waals surface area contributed by atoms with Crippen molar-refractivity contribution in [2.45, 2.75) is 18.9 Å². The summed E-state index contributed by atoms with van der Waals surface area (Å²) < 4.78 is 14.1. The molecule has 0 saturated carbocycles. The van der Waals surface area contributed by atoms with Gasteiger partial charge in [-0.05, 0) is 42.5 Å². The summed E-state index contributed by atoms with van der Waals surface area (Å²) in [6.45, 7) is 0. The lowest BCUT2D eigenvalue weighted by atomic mass is 10.1. The maximum atomic E-state index is 14.1. The number of halogens is 1. The highest BCUT2D eigenvalue weighted by Gasteiger charge is 2.18. The Kier molecular flexibility index (Phi) is 3.46. The van der Waals surface area contributed by atoms with Gasteiger partial charge in [-0.25, -0.2) is 4.39 Å². The Hall–Kier alpha value is -1.49. The van der Waals surface area contributed by atoms with Crippen LogP contribution in [0.4, 0.5) is 15.8 Å². The third-order valence-corrected chi connectivity index (χ3v) is 4.50. The van der Waals surface area contributed by atoms with Crippen molar-refractivity contribution in [3.8, 4) is 0 Å². The van der Waals surface area contributed by atoms with Crippen LogP contribution in [0.3, 0.4) is 0 Å². The number of pyridine rings is 1. The van der Waals surface area contributed by atoms with E-state index in [0.717, 1.165) is 29.7 Å². The average molecular weight is 277 g/mol. The highest BCUT2D eigenvalue weighted by Crippen LogP contribution is 2.31. The molecule has 0 atom stereocenters. The van der Waals surface area contributed by atoms with E-state index in [0.29, 0.717) is 22.9 Å². The maximum absolute atomic E-state index is 14.1. The molecule has 0 aliphatic carbocycles. The zero-order chi connectivity index (χ0) is 13.2. The van der Waals surface area contributed by atoms with Crippen LogP contribution in [0.1, 0.15) is 12.8 Å². The van der Waals surface area contributed by atoms with Gasteiger partial charge in [0, 0.05) is 23.3 Å². The normalized spacial score (nSPS) is 16.7. The first-order valence-electron chi connectivity index (χ1n) is 6.42. The average Bonchev–Trinajstić information content (AvgIpc) is 2.45. The van der Waals surface area contributed by atoms with Gasteiger partial charge in [-0.3, -0.25) is 4.98 Å². The lowest BCUT2D eigenvalue weighted by molar-refractivity contribution is 0.616. The van der Waals surface area contributed by atoms with Crippen LogP contribution in [0.15, 0.2) is 24.4 Å². The first kappa shape index (κ1) is 12.5. The lowest BCUT2D eigenvalue weighted by Gasteiger charge is -2.24. The quantitative estimate of drug-likeness (QED) is 0.827. The third kappa shape index (κ3) is 2.47. The largest absolute Gasteiger partial charge is 0.398 e. The number of fused-ring (bicyclic) bond motifs is 1. The third-order valence-electron chi connectivity index (χ3n) is 3.45. The second-order valence-corrected chi connectivity index (χ2v) is 5.98. The Morgan fingerprint density at radius 1 is 1.37 bits per heavy atom. The van der Waals surface area contributed by atoms with Gasteiger partial charge >= 0.3 is 0 Å². The molecule has 1 aromatic heterocycles. The number of nitrogens with zero attached hydrogens (tertiary/aromatic N) is 1. The van der Waals surface area contributed by atoms with Crippen molar-refractivity contribution in [3.63, 3.8) is 0 Å². The lowest BCUT2D eigenvalue weighted by Crippen LogP contribution is -2.25. The fourth-order valence-electron chi connectivity index (χ4n) is 2.42. The van der Waals surface area contributed by atoms with E-state index < -0.39 is 0 Å². The topological polar surface area (TPSA) is 50.9 Å². The molecule has 2 aromatic rings. The van der Waals surface area contributed by atoms with Gasteiger partial charge < -0.3 is 11.1 Å². The first-order chi connectivity index (χ1) is 9.25. The number of hydrogen-bond acceptors (Lipinski definition) is 4. The smallest absolute Gasteiger partial charge is 0.150 e. The minimum atomic E-state index is -0.318. The van der Waals surface area contributed by atoms with Gasteiger partial charge in [-0.1, -0.05) is 0 Å². The number of nitrogens with two attached hydrogens (primary N) is 1. The predicted octanol–water partition coefficient (Wildman–Crippen LogP) is 3.26. The highest BCUT2D eigenvalue weighted by molar-refractivity contribution is 7.99. The summed E-state index contributed by atoms with van der Waals surface area (Å²) in [7, 11) is 0. The summed E-state index contributed by atoms with van der Waals surface area (Å²) in [4.78, 5) is 4.28. The van der Waals surface area contributed by atoms with Crippen LogP contribution < -0.4 is 11.1 Å². The van der Waals surface area contributed by atoms with Gasteiger partial charge in [0.25, 0.3) is 0 Å². The number of anilines is 2. The summed E-state index contributed by atoms with van der Waals surface area (Å²) in [6, 6.07) is 5.39. The van der Waals surface area contributed by atoms with E-state index >= 15 is 0 Å². The molecule has 1 aromatic carbocycles. The number of thioether (sulfide) groups is 1. The van der Waals surface area contributed by atoms with Gasteiger partial charge in [0.05, 0.1) is 11.2 Å². The zero-order valence-electron chi connectivity index (χ0n) is 10.5. The van der Waals surface area contributed by atoms with Crippen molar-refractivity contribution in [2.24, 2.45) is 0 Å². The van der Waals surface area contributed by atoms with E-state index in [9.17, 15) is 4.39 Å². The minimum absolute atomic E-state index is 0.318. The Bertz CT molecular complexity index is 597. The van der Waals surface area contributed by atoms with Crippen molar-refractivity contribution in [1.82, 2.24) is 4.98 Å². The maximum Gasteiger partial charge on any atom is 0.150 e. The standard InChI is InChI=1S/C14H16FN3S/c15-11-8-12(16)10-2-1-5-17-13(10)14(11)18-9-3-6-19-7-4-9/h1-2,5,8-9,18H,3-4,6-7,16H2. The van der Waals surface area contributed by atoms with Crippen LogP contribution in [0.5, 0.6) is 0 Å². The molecule has 0 radical (unpaired) electrons. The van der Waals surface area contributed by atoms with Crippen LogP contribution in [0.2, 0.25) is 0 Å². The van der Waals surface area contributed by atoms with Crippen LogP contribution in [0.25, 0.3) is 10.9 Å². The van der Waals surface area contributed by atoms with Gasteiger partial charge in [0.1, 0.15) is 0 Å². The molecule has 0 amide bonds. The fourth-order valence-corrected chi connectivity index (χ4v) is 3.53. The van der Waals surface area contributed by atoms with Gasteiger partial charge in [-0.15, -0.1) is 0 Å². The predicted molar refractivity (Wildman–Crippen MR) is 80.1 cm³/mol. The summed E-state index contributed by atoms with van der Waals surface area (Å²) in [5.41, 5.74) is 7.39. The molecule has 0 spiro atoms. The Balaban J connectivity index is 2.01. The van der Waals surface area contributed by atoms with Crippen LogP contribution in [0, 0.1) is 5.82 Å². The van der Waals surface area contributed by atoms with Crippen LogP contribution in [-0.2, 0) is 0 Å². The molecule has 1 aliphatic rings. The fraction of sp³-hybridized carbons (Fsp3) is 0.357. The van der Waals surface area contributed by atoms with E-state index in [1.807, 2.05) is 23.9 Å². The zero-order valence-corrected chi connectivity index (χ0v) is 11.3. The molecule has 19 heavy (non-hydrogen) atoms. The number of benzene rings is 1. The summed E-state index contributed by atoms with van der Waals surface area (Å²) >= 11 is 1.95. The van der Waals surface area contributed by atoms with Crippen LogP contribution in [-0.4, -0.2) is 22.5 Å². The molecule has 5 heteroatoms. The van der Waals surface area contributed by atoms with E-state index in [1.165, 1.54) is 6.07 Å². The van der Waals surface area contributed by atoms with Gasteiger partial charge in [-0.2, -0.15) is 11.8 Å². The van der Waals surface area contributed by atoms with Gasteiger partial charge in [0.2, 0.25) is 0 Å². The minimum Gasteiger partial charge on any atom is -0.398 e. The SMILES string of the molecule is Nc1cc(F)c(NC2CCSCC2)c2ncccc12. The van der Waals surface area contributed by atoms with Crippen molar-refractivity contribution >= 4 is 34.0 Å². The summed E-state index contributed by atoms with van der Waals surface area (Å²) in [5.74, 6) is 1.93. The second kappa shape index (κ2) is 5.25.